The highest BCUT2D eigenvalue weighted by Gasteiger charge is 2.20. The second-order valence-electron chi connectivity index (χ2n) is 7.84. The van der Waals surface area contributed by atoms with Crippen molar-refractivity contribution in [2.75, 3.05) is 44.2 Å². The van der Waals surface area contributed by atoms with E-state index < -0.39 is 6.10 Å². The van der Waals surface area contributed by atoms with Gasteiger partial charge in [-0.15, -0.1) is 0 Å². The molecule has 3 aromatic carbocycles. The number of piperazine rings is 1. The Morgan fingerprint density at radius 3 is 2.50 bits per heavy atom. The lowest BCUT2D eigenvalue weighted by atomic mass is 10.1. The molecule has 158 valence electrons. The standard InChI is InChI=1S/C24H26BrClN2O2/c1-17-2-6-21(14-24(17)26)28-10-8-27(9-11-28)15-22(29)16-30-23-7-4-18-12-20(25)5-3-19(18)13-23/h2-7,12-14,22,29H,8-11,15-16H2,1H3/t22-/m1/s1. The molecule has 1 atom stereocenters. The number of β-amino-alcohol motifs (C(OH)–C–C–N with tert-alkyl or cyclic N) is 1. The van der Waals surface area contributed by atoms with Crippen LogP contribution in [0.3, 0.4) is 0 Å². The predicted octanol–water partition coefficient (Wildman–Crippen LogP) is 5.13. The third-order valence-electron chi connectivity index (χ3n) is 5.58. The van der Waals surface area contributed by atoms with Crippen LogP contribution in [-0.2, 0) is 0 Å². The summed E-state index contributed by atoms with van der Waals surface area (Å²) in [6, 6.07) is 18.4. The fraction of sp³-hybridized carbons (Fsp3) is 0.333. The van der Waals surface area contributed by atoms with Crippen LogP contribution >= 0.6 is 27.5 Å². The monoisotopic (exact) mass is 488 g/mol. The van der Waals surface area contributed by atoms with Gasteiger partial charge in [-0.25, -0.2) is 0 Å². The van der Waals surface area contributed by atoms with E-state index >= 15 is 0 Å². The molecule has 6 heteroatoms. The summed E-state index contributed by atoms with van der Waals surface area (Å²) in [4.78, 5) is 4.64. The van der Waals surface area contributed by atoms with Crippen molar-refractivity contribution in [1.82, 2.24) is 4.90 Å². The first-order chi connectivity index (χ1) is 14.5. The van der Waals surface area contributed by atoms with Crippen LogP contribution in [0.2, 0.25) is 5.02 Å². The predicted molar refractivity (Wildman–Crippen MR) is 128 cm³/mol. The van der Waals surface area contributed by atoms with Crippen LogP contribution in [0, 0.1) is 6.92 Å². The van der Waals surface area contributed by atoms with E-state index in [-0.39, 0.29) is 6.61 Å². The number of halogens is 2. The minimum Gasteiger partial charge on any atom is -0.491 e. The topological polar surface area (TPSA) is 35.9 Å². The molecule has 0 bridgehead atoms. The lowest BCUT2D eigenvalue weighted by Gasteiger charge is -2.37. The molecule has 0 aromatic heterocycles. The minimum absolute atomic E-state index is 0.288. The summed E-state index contributed by atoms with van der Waals surface area (Å²) in [5, 5.41) is 13.5. The molecule has 1 heterocycles. The quantitative estimate of drug-likeness (QED) is 0.521. The molecule has 3 aromatic rings. The van der Waals surface area contributed by atoms with E-state index in [1.807, 2.05) is 37.3 Å². The van der Waals surface area contributed by atoms with Gasteiger partial charge in [-0.1, -0.05) is 45.7 Å². The van der Waals surface area contributed by atoms with Gasteiger partial charge in [0.25, 0.3) is 0 Å². The van der Waals surface area contributed by atoms with Gasteiger partial charge in [0.15, 0.2) is 0 Å². The molecular weight excluding hydrogens is 464 g/mol. The number of nitrogens with zero attached hydrogens (tertiary/aromatic N) is 2. The van der Waals surface area contributed by atoms with E-state index in [0.717, 1.165) is 63.4 Å². The van der Waals surface area contributed by atoms with Crippen LogP contribution in [0.4, 0.5) is 5.69 Å². The lowest BCUT2D eigenvalue weighted by molar-refractivity contribution is 0.0663. The van der Waals surface area contributed by atoms with Crippen molar-refractivity contribution in [2.24, 2.45) is 0 Å². The van der Waals surface area contributed by atoms with E-state index in [4.69, 9.17) is 16.3 Å². The maximum atomic E-state index is 10.5. The van der Waals surface area contributed by atoms with Gasteiger partial charge in [-0.3, -0.25) is 4.90 Å². The molecule has 0 saturated carbocycles. The maximum absolute atomic E-state index is 10.5. The molecule has 1 saturated heterocycles. The fourth-order valence-corrected chi connectivity index (χ4v) is 4.35. The number of aliphatic hydroxyl groups excluding tert-OH is 1. The number of ether oxygens (including phenoxy) is 1. The van der Waals surface area contributed by atoms with Crippen molar-refractivity contribution >= 4 is 44.0 Å². The molecule has 0 radical (unpaired) electrons. The Bertz CT molecular complexity index is 1020. The third kappa shape index (κ3) is 5.27. The van der Waals surface area contributed by atoms with Gasteiger partial charge < -0.3 is 14.7 Å². The summed E-state index contributed by atoms with van der Waals surface area (Å²) >= 11 is 9.76. The minimum atomic E-state index is -0.522. The molecular formula is C24H26BrClN2O2. The lowest BCUT2D eigenvalue weighted by Crippen LogP contribution is -2.49. The van der Waals surface area contributed by atoms with Crippen molar-refractivity contribution in [3.63, 3.8) is 0 Å². The van der Waals surface area contributed by atoms with E-state index in [0.29, 0.717) is 6.54 Å². The molecule has 0 aliphatic carbocycles. The van der Waals surface area contributed by atoms with Gasteiger partial charge in [0.1, 0.15) is 18.5 Å². The first kappa shape index (κ1) is 21.4. The zero-order valence-corrected chi connectivity index (χ0v) is 19.4. The van der Waals surface area contributed by atoms with E-state index in [2.05, 4.69) is 50.0 Å². The molecule has 0 spiro atoms. The number of anilines is 1. The number of aliphatic hydroxyl groups is 1. The van der Waals surface area contributed by atoms with Gasteiger partial charge in [-0.05, 0) is 59.7 Å². The van der Waals surface area contributed by atoms with Crippen LogP contribution in [-0.4, -0.2) is 55.4 Å². The number of hydrogen-bond acceptors (Lipinski definition) is 4. The summed E-state index contributed by atoms with van der Waals surface area (Å²) in [5.74, 6) is 0.782. The van der Waals surface area contributed by atoms with Gasteiger partial charge in [-0.2, -0.15) is 0 Å². The van der Waals surface area contributed by atoms with Crippen molar-refractivity contribution in [2.45, 2.75) is 13.0 Å². The van der Waals surface area contributed by atoms with Crippen LogP contribution in [0.25, 0.3) is 10.8 Å². The highest BCUT2D eigenvalue weighted by Crippen LogP contribution is 2.25. The van der Waals surface area contributed by atoms with Crippen LogP contribution < -0.4 is 9.64 Å². The Labute approximate surface area is 191 Å². The number of benzene rings is 3. The van der Waals surface area contributed by atoms with E-state index in [1.165, 1.54) is 0 Å². The highest BCUT2D eigenvalue weighted by atomic mass is 79.9. The molecule has 30 heavy (non-hydrogen) atoms. The SMILES string of the molecule is Cc1ccc(N2CCN(C[C@@H](O)COc3ccc4cc(Br)ccc4c3)CC2)cc1Cl. The van der Waals surface area contributed by atoms with Gasteiger partial charge in [0, 0.05) is 47.9 Å². The van der Waals surface area contributed by atoms with Crippen molar-refractivity contribution in [3.05, 3.63) is 69.7 Å². The van der Waals surface area contributed by atoms with Gasteiger partial charge in [0.2, 0.25) is 0 Å². The van der Waals surface area contributed by atoms with Gasteiger partial charge in [0.05, 0.1) is 0 Å². The van der Waals surface area contributed by atoms with Crippen molar-refractivity contribution in [3.8, 4) is 5.75 Å². The number of rotatable bonds is 6. The molecule has 1 fully saturated rings. The van der Waals surface area contributed by atoms with Crippen LogP contribution in [0.15, 0.2) is 59.1 Å². The summed E-state index contributed by atoms with van der Waals surface area (Å²) in [6.45, 7) is 6.59. The van der Waals surface area contributed by atoms with E-state index in [1.54, 1.807) is 0 Å². The largest absolute Gasteiger partial charge is 0.491 e. The Kier molecular flexibility index (Phi) is 6.84. The first-order valence-corrected chi connectivity index (χ1v) is 11.4. The molecule has 1 aliphatic heterocycles. The van der Waals surface area contributed by atoms with E-state index in [9.17, 15) is 5.11 Å². The summed E-state index contributed by atoms with van der Waals surface area (Å²) in [6.07, 6.45) is -0.522. The molecule has 1 N–H and O–H groups in total. The summed E-state index contributed by atoms with van der Waals surface area (Å²) < 4.78 is 6.91. The van der Waals surface area contributed by atoms with Crippen LogP contribution in [0.1, 0.15) is 5.56 Å². The summed E-state index contributed by atoms with van der Waals surface area (Å²) in [7, 11) is 0. The highest BCUT2D eigenvalue weighted by molar-refractivity contribution is 9.10. The second kappa shape index (κ2) is 9.56. The Hall–Kier alpha value is -1.79. The average molecular weight is 490 g/mol. The molecule has 1 aliphatic rings. The average Bonchev–Trinajstić information content (AvgIpc) is 2.75. The molecule has 0 amide bonds. The normalized spacial score (nSPS) is 16.1. The van der Waals surface area contributed by atoms with Gasteiger partial charge >= 0.3 is 0 Å². The zero-order chi connectivity index (χ0) is 21.1. The molecule has 4 rings (SSSR count). The van der Waals surface area contributed by atoms with Crippen molar-refractivity contribution in [1.29, 1.82) is 0 Å². The number of fused-ring (bicyclic) bond motifs is 1. The van der Waals surface area contributed by atoms with Crippen LogP contribution in [0.5, 0.6) is 5.75 Å². The fourth-order valence-electron chi connectivity index (χ4n) is 3.79. The maximum Gasteiger partial charge on any atom is 0.120 e. The molecule has 4 nitrogen and oxygen atoms in total. The second-order valence-corrected chi connectivity index (χ2v) is 9.16. The molecule has 0 unspecified atom stereocenters. The number of aryl methyl sites for hydroxylation is 1. The third-order valence-corrected chi connectivity index (χ3v) is 6.48. The Morgan fingerprint density at radius 2 is 1.73 bits per heavy atom. The smallest absolute Gasteiger partial charge is 0.120 e. The first-order valence-electron chi connectivity index (χ1n) is 10.2. The van der Waals surface area contributed by atoms with Crippen molar-refractivity contribution < 1.29 is 9.84 Å². The Balaban J connectivity index is 1.25. The summed E-state index contributed by atoms with van der Waals surface area (Å²) in [5.41, 5.74) is 2.26. The zero-order valence-electron chi connectivity index (χ0n) is 17.0. The number of hydrogen-bond donors (Lipinski definition) is 1. The Morgan fingerprint density at radius 1 is 1.00 bits per heavy atom.